The highest BCUT2D eigenvalue weighted by molar-refractivity contribution is 7.99. The summed E-state index contributed by atoms with van der Waals surface area (Å²) in [5.41, 5.74) is 2.71. The van der Waals surface area contributed by atoms with Gasteiger partial charge in [-0.25, -0.2) is 4.98 Å². The third kappa shape index (κ3) is 3.47. The van der Waals surface area contributed by atoms with Crippen LogP contribution in [-0.4, -0.2) is 35.9 Å². The van der Waals surface area contributed by atoms with Crippen LogP contribution >= 0.6 is 34.4 Å². The number of nitrogens with zero attached hydrogens (tertiary/aromatic N) is 5. The van der Waals surface area contributed by atoms with Crippen molar-refractivity contribution < 1.29 is 4.79 Å². The molecular weight excluding hydrogens is 422 g/mol. The second-order valence-electron chi connectivity index (χ2n) is 7.03. The molecule has 4 heterocycles. The van der Waals surface area contributed by atoms with E-state index in [-0.39, 0.29) is 5.78 Å². The van der Waals surface area contributed by atoms with Gasteiger partial charge in [-0.05, 0) is 44.2 Å². The Balaban J connectivity index is 1.38. The Bertz CT molecular complexity index is 1150. The molecule has 0 aliphatic heterocycles. The van der Waals surface area contributed by atoms with Gasteiger partial charge in [0.25, 0.3) is 0 Å². The monoisotopic (exact) mass is 441 g/mol. The number of hydrogen-bond donors (Lipinski definition) is 0. The number of thiazole rings is 1. The van der Waals surface area contributed by atoms with Crippen molar-refractivity contribution in [2.24, 2.45) is 0 Å². The molecule has 0 saturated heterocycles. The summed E-state index contributed by atoms with van der Waals surface area (Å²) in [4.78, 5) is 18.5. The van der Waals surface area contributed by atoms with Gasteiger partial charge in [0, 0.05) is 34.6 Å². The lowest BCUT2D eigenvalue weighted by Crippen LogP contribution is -2.07. The predicted molar refractivity (Wildman–Crippen MR) is 118 cm³/mol. The largest absolute Gasteiger partial charge is 0.298 e. The molecule has 6 nitrogen and oxygen atoms in total. The zero-order valence-corrected chi connectivity index (χ0v) is 18.5. The van der Waals surface area contributed by atoms with E-state index in [1.165, 1.54) is 11.8 Å². The molecule has 0 atom stereocenters. The number of thiophene rings is 1. The van der Waals surface area contributed by atoms with Crippen molar-refractivity contribution in [2.75, 3.05) is 5.75 Å². The van der Waals surface area contributed by atoms with Gasteiger partial charge in [0.05, 0.1) is 10.6 Å². The van der Waals surface area contributed by atoms with Crippen LogP contribution in [-0.2, 0) is 0 Å². The number of carbonyl (C=O) groups is 1. The highest BCUT2D eigenvalue weighted by Gasteiger charge is 2.31. The SMILES string of the molecule is Cc1cc(C(=O)CSc2nnc(-c3cccs3)n2C2CC2)c(C)n1-c1nccs1. The van der Waals surface area contributed by atoms with Gasteiger partial charge in [-0.15, -0.1) is 32.9 Å². The Morgan fingerprint density at radius 2 is 2.10 bits per heavy atom. The first-order valence-corrected chi connectivity index (χ1v) is 12.1. The molecule has 0 N–H and O–H groups in total. The first kappa shape index (κ1) is 18.8. The van der Waals surface area contributed by atoms with Gasteiger partial charge in [0.2, 0.25) is 0 Å². The molecule has 0 amide bonds. The standard InChI is InChI=1S/C20H19N5OS3/c1-12-10-15(13(2)24(12)19-21-7-9-28-19)16(26)11-29-20-23-22-18(17-4-3-8-27-17)25(20)14-5-6-14/h3-4,7-10,14H,5-6,11H2,1-2H3. The number of aromatic nitrogens is 5. The predicted octanol–water partition coefficient (Wildman–Crippen LogP) is 5.18. The minimum Gasteiger partial charge on any atom is -0.298 e. The van der Waals surface area contributed by atoms with Gasteiger partial charge in [0.1, 0.15) is 0 Å². The number of hydrogen-bond acceptors (Lipinski definition) is 7. The number of rotatable bonds is 7. The minimum absolute atomic E-state index is 0.105. The molecule has 1 aliphatic rings. The van der Waals surface area contributed by atoms with Gasteiger partial charge in [-0.3, -0.25) is 13.9 Å². The lowest BCUT2D eigenvalue weighted by molar-refractivity contribution is 0.102. The molecule has 5 rings (SSSR count). The topological polar surface area (TPSA) is 65.6 Å². The summed E-state index contributed by atoms with van der Waals surface area (Å²) >= 11 is 4.72. The van der Waals surface area contributed by atoms with E-state index in [9.17, 15) is 4.79 Å². The van der Waals surface area contributed by atoms with E-state index in [0.29, 0.717) is 11.8 Å². The van der Waals surface area contributed by atoms with Crippen LogP contribution in [0.1, 0.15) is 40.6 Å². The first-order valence-electron chi connectivity index (χ1n) is 9.37. The Labute approximate surface area is 180 Å². The summed E-state index contributed by atoms with van der Waals surface area (Å²) in [5, 5.41) is 14.5. The molecular formula is C20H19N5OS3. The second-order valence-corrected chi connectivity index (χ2v) is 9.79. The number of aryl methyl sites for hydroxylation is 1. The molecule has 9 heteroatoms. The molecule has 0 radical (unpaired) electrons. The molecule has 0 bridgehead atoms. The summed E-state index contributed by atoms with van der Waals surface area (Å²) in [7, 11) is 0. The van der Waals surface area contributed by atoms with Crippen LogP contribution in [0.2, 0.25) is 0 Å². The van der Waals surface area contributed by atoms with E-state index in [2.05, 4.69) is 31.2 Å². The highest BCUT2D eigenvalue weighted by atomic mass is 32.2. The van der Waals surface area contributed by atoms with Crippen LogP contribution in [0.15, 0.2) is 40.3 Å². The molecule has 1 aliphatic carbocycles. The Morgan fingerprint density at radius 1 is 1.24 bits per heavy atom. The highest BCUT2D eigenvalue weighted by Crippen LogP contribution is 2.41. The Kier molecular flexibility index (Phi) is 4.89. The van der Waals surface area contributed by atoms with E-state index in [0.717, 1.165) is 50.8 Å². The van der Waals surface area contributed by atoms with Crippen LogP contribution in [0.3, 0.4) is 0 Å². The summed E-state index contributed by atoms with van der Waals surface area (Å²) in [6.07, 6.45) is 4.08. The fourth-order valence-corrected chi connectivity index (χ4v) is 5.83. The maximum absolute atomic E-state index is 13.0. The number of thioether (sulfide) groups is 1. The van der Waals surface area contributed by atoms with Crippen LogP contribution in [0, 0.1) is 13.8 Å². The molecule has 1 saturated carbocycles. The molecule has 0 spiro atoms. The van der Waals surface area contributed by atoms with Gasteiger partial charge in [-0.1, -0.05) is 17.8 Å². The molecule has 0 unspecified atom stereocenters. The van der Waals surface area contributed by atoms with Crippen molar-refractivity contribution >= 4 is 40.2 Å². The third-order valence-electron chi connectivity index (χ3n) is 4.99. The zero-order valence-electron chi connectivity index (χ0n) is 16.0. The fraction of sp³-hybridized carbons (Fsp3) is 0.300. The second kappa shape index (κ2) is 7.55. The first-order chi connectivity index (χ1) is 14.1. The fourth-order valence-electron chi connectivity index (χ4n) is 3.48. The summed E-state index contributed by atoms with van der Waals surface area (Å²) in [5.74, 6) is 1.37. The van der Waals surface area contributed by atoms with Crippen LogP contribution in [0.4, 0.5) is 0 Å². The van der Waals surface area contributed by atoms with Crippen LogP contribution in [0.5, 0.6) is 0 Å². The van der Waals surface area contributed by atoms with E-state index in [1.54, 1.807) is 28.9 Å². The zero-order chi connectivity index (χ0) is 20.0. The number of carbonyl (C=O) groups excluding carboxylic acids is 1. The number of ketones is 1. The van der Waals surface area contributed by atoms with Gasteiger partial charge in [-0.2, -0.15) is 0 Å². The van der Waals surface area contributed by atoms with Gasteiger partial charge >= 0.3 is 0 Å². The van der Waals surface area contributed by atoms with E-state index < -0.39 is 0 Å². The van der Waals surface area contributed by atoms with Crippen LogP contribution in [0.25, 0.3) is 15.8 Å². The third-order valence-corrected chi connectivity index (χ3v) is 7.56. The lowest BCUT2D eigenvalue weighted by atomic mass is 10.2. The van der Waals surface area contributed by atoms with Crippen molar-refractivity contribution in [1.82, 2.24) is 24.3 Å². The molecule has 4 aromatic heterocycles. The average molecular weight is 442 g/mol. The maximum Gasteiger partial charge on any atom is 0.193 e. The summed E-state index contributed by atoms with van der Waals surface area (Å²) in [6.45, 7) is 3.99. The molecule has 4 aromatic rings. The Hall–Kier alpha value is -2.23. The lowest BCUT2D eigenvalue weighted by Gasteiger charge is -2.08. The van der Waals surface area contributed by atoms with E-state index in [4.69, 9.17) is 0 Å². The summed E-state index contributed by atoms with van der Waals surface area (Å²) < 4.78 is 4.26. The smallest absolute Gasteiger partial charge is 0.193 e. The maximum atomic E-state index is 13.0. The molecule has 1 fully saturated rings. The van der Waals surface area contributed by atoms with Crippen molar-refractivity contribution in [2.45, 2.75) is 37.9 Å². The van der Waals surface area contributed by atoms with E-state index in [1.807, 2.05) is 35.9 Å². The van der Waals surface area contributed by atoms with E-state index >= 15 is 0 Å². The van der Waals surface area contributed by atoms with Crippen molar-refractivity contribution in [3.05, 3.63) is 52.1 Å². The van der Waals surface area contributed by atoms with Crippen molar-refractivity contribution in [3.8, 4) is 15.8 Å². The molecule has 148 valence electrons. The minimum atomic E-state index is 0.105. The number of Topliss-reactive ketones (excluding diaryl/α,β-unsaturated/α-hetero) is 1. The summed E-state index contributed by atoms with van der Waals surface area (Å²) in [6, 6.07) is 6.51. The Morgan fingerprint density at radius 3 is 2.79 bits per heavy atom. The normalized spacial score (nSPS) is 13.9. The average Bonchev–Trinajstić information content (AvgIpc) is 3.16. The van der Waals surface area contributed by atoms with Crippen molar-refractivity contribution in [3.63, 3.8) is 0 Å². The van der Waals surface area contributed by atoms with Gasteiger partial charge < -0.3 is 0 Å². The molecule has 29 heavy (non-hydrogen) atoms. The van der Waals surface area contributed by atoms with Crippen molar-refractivity contribution in [1.29, 1.82) is 0 Å². The quantitative estimate of drug-likeness (QED) is 0.292. The van der Waals surface area contributed by atoms with Gasteiger partial charge in [0.15, 0.2) is 21.9 Å². The van der Waals surface area contributed by atoms with Crippen LogP contribution < -0.4 is 0 Å². The molecule has 0 aromatic carbocycles.